The summed E-state index contributed by atoms with van der Waals surface area (Å²) in [5, 5.41) is 27.2. The number of aryl methyl sites for hydroxylation is 3. The Morgan fingerprint density at radius 1 is 0.593 bits per heavy atom. The predicted molar refractivity (Wildman–Crippen MR) is 356 cm³/mol. The molecule has 2 aliphatic rings. The molecule has 0 unspecified atom stereocenters. The maximum absolute atomic E-state index is 13.7. The molecule has 0 aliphatic carbocycles. The fourth-order valence-electron chi connectivity index (χ4n) is 6.99. The number of methoxy groups -OCH3 is 1. The van der Waals surface area contributed by atoms with Crippen LogP contribution >= 0.6 is 47.2 Å². The van der Waals surface area contributed by atoms with Crippen LogP contribution in [0.2, 0.25) is 15.1 Å². The molecule has 5 heterocycles. The van der Waals surface area contributed by atoms with Crippen LogP contribution in [0.4, 0.5) is 47.7 Å². The second kappa shape index (κ2) is 36.7. The molecule has 9 aromatic rings. The number of morpholine rings is 2. The number of rotatable bonds is 17. The Hall–Kier alpha value is -7.24. The number of nitrogens with zero attached hydrogens (tertiary/aromatic N) is 8. The van der Waals surface area contributed by atoms with Gasteiger partial charge in [-0.1, -0.05) is 34.8 Å². The van der Waals surface area contributed by atoms with Crippen molar-refractivity contribution in [1.29, 1.82) is 0 Å². The molecule has 11 rings (SSSR count). The van der Waals surface area contributed by atoms with Crippen LogP contribution in [0.25, 0.3) is 32.7 Å². The van der Waals surface area contributed by atoms with E-state index in [1.807, 2.05) is 26.0 Å². The summed E-state index contributed by atoms with van der Waals surface area (Å²) in [6.45, 7) is -41.5. The van der Waals surface area contributed by atoms with Crippen molar-refractivity contribution < 1.29 is 97.4 Å². The van der Waals surface area contributed by atoms with Gasteiger partial charge in [-0.2, -0.15) is 8.42 Å². The fourth-order valence-corrected chi connectivity index (χ4v) is 7.73. The number of aliphatic hydroxyl groups is 1. The summed E-state index contributed by atoms with van der Waals surface area (Å²) in [4.78, 5) is 23.3. The highest BCUT2D eigenvalue weighted by Gasteiger charge is 2.16. The quantitative estimate of drug-likeness (QED) is 0.0462. The minimum absolute atomic E-state index is 0. The lowest BCUT2D eigenvalue weighted by Crippen LogP contribution is -2.37. The van der Waals surface area contributed by atoms with Gasteiger partial charge in [-0.25, -0.2) is 43.1 Å². The van der Waals surface area contributed by atoms with E-state index in [1.165, 1.54) is 54.6 Å². The minimum atomic E-state index is -4.72. The van der Waals surface area contributed by atoms with Crippen molar-refractivity contribution >= 4 is 125 Å². The van der Waals surface area contributed by atoms with E-state index in [2.05, 4.69) is 59.5 Å². The number of benzene rings is 6. The number of nitrogens with one attached hydrogen (secondary N) is 3. The van der Waals surface area contributed by atoms with Crippen molar-refractivity contribution in [3.8, 4) is 17.2 Å². The van der Waals surface area contributed by atoms with Gasteiger partial charge in [0.15, 0.2) is 11.5 Å². The average Bonchev–Trinajstić information content (AvgIpc) is 0.688. The summed E-state index contributed by atoms with van der Waals surface area (Å²) in [7, 11) is -6.94. The van der Waals surface area contributed by atoms with Gasteiger partial charge in [0.1, 0.15) is 59.6 Å². The third-order valence-electron chi connectivity index (χ3n) is 11.2. The second-order valence-electron chi connectivity index (χ2n) is 17.3. The van der Waals surface area contributed by atoms with E-state index in [9.17, 15) is 26.7 Å². The third-order valence-corrected chi connectivity index (χ3v) is 12.4. The number of hydrogen-bond donors (Lipinski definition) is 6. The number of aliphatic hydroxyl groups excluding tert-OH is 1. The number of ether oxygens (including phenoxy) is 4. The molecule has 2 saturated heterocycles. The Bertz CT molecular complexity index is 5260. The van der Waals surface area contributed by atoms with Crippen molar-refractivity contribution in [1.82, 2.24) is 45.9 Å². The molecule has 0 spiro atoms. The summed E-state index contributed by atoms with van der Waals surface area (Å²) in [5.41, 5.74) is 6.07. The van der Waals surface area contributed by atoms with Gasteiger partial charge in [-0.05, 0) is 135 Å². The molecule has 6 aromatic carbocycles. The topological polar surface area (TPSA) is 276 Å². The highest BCUT2D eigenvalue weighted by atomic mass is 35.5. The monoisotopic (exact) mass is 1390 g/mol. The minimum Gasteiger partial charge on any atom is -0.508 e. The maximum Gasteiger partial charge on any atom is 0.264 e. The highest BCUT2D eigenvalue weighted by Crippen LogP contribution is 2.36. The van der Waals surface area contributed by atoms with Gasteiger partial charge in [0, 0.05) is 107 Å². The van der Waals surface area contributed by atoms with Crippen molar-refractivity contribution in [2.24, 2.45) is 0 Å². The smallest absolute Gasteiger partial charge is 0.264 e. The van der Waals surface area contributed by atoms with Gasteiger partial charge >= 0.3 is 0 Å². The van der Waals surface area contributed by atoms with Gasteiger partial charge in [0.25, 0.3) is 10.1 Å². The predicted octanol–water partition coefficient (Wildman–Crippen LogP) is 13.1. The van der Waals surface area contributed by atoms with Crippen molar-refractivity contribution in [2.75, 3.05) is 115 Å². The number of aromatic nitrogens is 6. The lowest BCUT2D eigenvalue weighted by molar-refractivity contribution is 0.0357. The SMILES string of the molecule is CO.Cc1cc2ncnc(Nc3ccc(F)c(Cl)c3)c2cc1C.Cc1cc2ncnc(Nc3ccc(F)c(Cl)c3)c2cc1O.Cl.N.[2H]C([2H])([2H])Oc1cc2ncnc(Nc3ccc(F)c(Cl)c3)c2cc1OC([2H])([2H])C([2H])([2H])C([2H])([2H])N1C([2H])([2H])C([2H])([2H])OC([2H])([2H])C1([2H])[2H].[2H]C1([2H])OC([2H])([2H])C([2H])([2H])N(C([2H])([2H])C([2H])([2H])C([2H])([2H])OS(C)(=O)=O)C1([2H])[2H]. The van der Waals surface area contributed by atoms with E-state index in [1.54, 1.807) is 31.2 Å². The number of fused-ring (bicyclic) bond motifs is 3. The Labute approximate surface area is 591 Å². The van der Waals surface area contributed by atoms with Gasteiger partial charge in [-0.15, -0.1) is 12.4 Å². The number of anilines is 6. The Kier molecular flexibility index (Phi) is 16.4. The fraction of sp³-hybridized carbons (Fsp3) is 0.323. The zero-order valence-electron chi connectivity index (χ0n) is 78.5. The number of halogens is 7. The molecule has 0 saturated carbocycles. The van der Waals surface area contributed by atoms with E-state index in [0.29, 0.717) is 40.2 Å². The first-order chi connectivity index (χ1) is 54.3. The summed E-state index contributed by atoms with van der Waals surface area (Å²) >= 11 is 17.4. The van der Waals surface area contributed by atoms with E-state index in [4.69, 9.17) is 91.9 Å². The molecule has 8 N–H and O–H groups in total. The molecule has 2 aliphatic heterocycles. The first kappa shape index (κ1) is 40.7. The van der Waals surface area contributed by atoms with E-state index < -0.39 is 147 Å². The molecule has 2 fully saturated rings. The highest BCUT2D eigenvalue weighted by molar-refractivity contribution is 7.86. The van der Waals surface area contributed by atoms with Crippen molar-refractivity contribution in [2.45, 2.75) is 33.5 Å². The molecule has 3 aromatic heterocycles. The maximum atomic E-state index is 13.7. The summed E-state index contributed by atoms with van der Waals surface area (Å²) in [6, 6.07) is 21.5. The van der Waals surface area contributed by atoms with Crippen LogP contribution in [0.3, 0.4) is 0 Å². The Balaban J connectivity index is 0.000000305. The average molecular weight is 1390 g/mol. The largest absolute Gasteiger partial charge is 0.508 e. The van der Waals surface area contributed by atoms with Crippen LogP contribution in [-0.4, -0.2) is 157 Å². The van der Waals surface area contributed by atoms with Crippen LogP contribution in [-0.2, 0) is 23.8 Å². The number of phenolic OH excluding ortho intramolecular Hbond substituents is 1. The molecule has 0 radical (unpaired) electrons. The van der Waals surface area contributed by atoms with Gasteiger partial charge in [-0.3, -0.25) is 14.0 Å². The van der Waals surface area contributed by atoms with E-state index in [-0.39, 0.29) is 61.8 Å². The zero-order valence-corrected chi connectivity index (χ0v) is 51.4. The lowest BCUT2D eigenvalue weighted by atomic mass is 10.1. The van der Waals surface area contributed by atoms with Gasteiger partial charge < -0.3 is 51.3 Å². The van der Waals surface area contributed by atoms with Crippen LogP contribution in [0, 0.1) is 38.2 Å². The van der Waals surface area contributed by atoms with Crippen molar-refractivity contribution in [3.63, 3.8) is 0 Å². The van der Waals surface area contributed by atoms with Crippen LogP contribution in [0.5, 0.6) is 17.2 Å². The lowest BCUT2D eigenvalue weighted by Gasteiger charge is -2.26. The second-order valence-corrected chi connectivity index (χ2v) is 20.1. The van der Waals surface area contributed by atoms with E-state index >= 15 is 0 Å². The molecule has 0 atom stereocenters. The molecular formula is C62H73Cl4F3N12O9S. The van der Waals surface area contributed by atoms with Gasteiger partial charge in [0.2, 0.25) is 0 Å². The first-order valence-electron chi connectivity index (χ1n) is 40.2. The number of aromatic hydroxyl groups is 1. The molecule has 0 amide bonds. The number of phenols is 1. The normalized spacial score (nSPS) is 23.6. The first-order valence-corrected chi connectivity index (χ1v) is 27.7. The Morgan fingerprint density at radius 3 is 1.42 bits per heavy atom. The van der Waals surface area contributed by atoms with Crippen LogP contribution in [0.15, 0.2) is 110 Å². The van der Waals surface area contributed by atoms with Gasteiger partial charge in [0.05, 0.1) is 105 Å². The van der Waals surface area contributed by atoms with E-state index in [0.717, 1.165) is 53.7 Å². The molecule has 490 valence electrons. The van der Waals surface area contributed by atoms with Crippen LogP contribution < -0.4 is 31.6 Å². The molecule has 21 nitrogen and oxygen atoms in total. The molecule has 91 heavy (non-hydrogen) atoms. The van der Waals surface area contributed by atoms with Crippen molar-refractivity contribution in [3.05, 3.63) is 159 Å². The molecule has 29 heteroatoms. The third kappa shape index (κ3) is 22.5. The number of hydrogen-bond acceptors (Lipinski definition) is 21. The molecular weight excluding hydrogens is 1290 g/mol. The summed E-state index contributed by atoms with van der Waals surface area (Å²) in [6.07, 6.45) is -4.13. The molecule has 0 bridgehead atoms. The Morgan fingerprint density at radius 2 is 0.989 bits per heavy atom. The summed E-state index contributed by atoms with van der Waals surface area (Å²) in [5.74, 6) is -2.07. The van der Waals surface area contributed by atoms with Crippen LogP contribution in [0.1, 0.15) is 71.9 Å². The summed E-state index contributed by atoms with van der Waals surface area (Å²) < 4.78 is 329. The zero-order chi connectivity index (χ0) is 91.6. The standard InChI is InChI=1S/C22H24ClFN4O3.C16H13ClFN3.C15H11ClFN3O.C8H17NO4S.CH4O.ClH.H3N/c1-29-20-13-19-16(12-21(20)31-8-2-5-28-6-9-30-10-7-28)22(26-14-25-19)27-15-3-4-18(24)17(23)11-15;1-9-5-12-15(6-10(9)2)19-8-20-16(12)21-11-3-4-14(18)13(17)7-11;1-8-4-13-10(6-14(8)21)15(19-7-18-13)20-9-2-3-12(17)11(16)5-9;1-14(10,11)13-6-2-3-9-4-7-12-8-5-9;1-2;;/h3-4,11-14H,2,5-10H2,1H3,(H,25,26,27);3-8H,1-2H3,(H,19,20,21);2-7,21H,1H3,(H,18,19,20);2-8H2,1H3;2H,1H3;1H;1H3/i1D3,2D2,5D2,6D2,7D2,8D2,9D2,10D2;;;2D2,3D2,4D2,5D2,6D2,7D2,8D2;;;.